The molecule has 0 amide bonds. The van der Waals surface area contributed by atoms with Crippen molar-refractivity contribution in [3.63, 3.8) is 0 Å². The van der Waals surface area contributed by atoms with E-state index in [9.17, 15) is 8.78 Å². The number of nitrogens with zero attached hydrogens (tertiary/aromatic N) is 2. The zero-order valence-corrected chi connectivity index (χ0v) is 17.5. The first-order chi connectivity index (χ1) is 11.6. The molecule has 0 aliphatic carbocycles. The number of rotatable bonds is 10. The molecule has 0 atom stereocenters. The minimum atomic E-state index is -0.426. The summed E-state index contributed by atoms with van der Waals surface area (Å²) in [7, 11) is 5.44. The number of guanidine groups is 1. The van der Waals surface area contributed by atoms with Crippen molar-refractivity contribution < 1.29 is 13.5 Å². The number of methoxy groups -OCH3 is 1. The van der Waals surface area contributed by atoms with Gasteiger partial charge in [-0.05, 0) is 43.7 Å². The van der Waals surface area contributed by atoms with Crippen LogP contribution in [0.4, 0.5) is 8.78 Å². The van der Waals surface area contributed by atoms with Crippen LogP contribution >= 0.6 is 24.0 Å². The molecule has 2 N–H and O–H groups in total. The Morgan fingerprint density at radius 3 is 2.60 bits per heavy atom. The van der Waals surface area contributed by atoms with E-state index in [1.807, 2.05) is 0 Å². The number of likely N-dealkylation sites (N-methyl/N-ethyl adjacent to an activating group) is 1. The summed E-state index contributed by atoms with van der Waals surface area (Å²) >= 11 is 0. The Labute approximate surface area is 166 Å². The molecule has 0 unspecified atom stereocenters. The van der Waals surface area contributed by atoms with Gasteiger partial charge in [0.2, 0.25) is 0 Å². The monoisotopic (exact) mass is 470 g/mol. The van der Waals surface area contributed by atoms with Gasteiger partial charge in [0, 0.05) is 46.9 Å². The Balaban J connectivity index is 0.00000576. The summed E-state index contributed by atoms with van der Waals surface area (Å²) in [5.41, 5.74) is 0.357. The van der Waals surface area contributed by atoms with E-state index in [0.717, 1.165) is 44.8 Å². The summed E-state index contributed by atoms with van der Waals surface area (Å²) in [6, 6.07) is 3.50. The minimum absolute atomic E-state index is 0. The Morgan fingerprint density at radius 1 is 1.20 bits per heavy atom. The highest BCUT2D eigenvalue weighted by molar-refractivity contribution is 14.0. The maximum atomic E-state index is 13.5. The van der Waals surface area contributed by atoms with Crippen LogP contribution in [-0.4, -0.2) is 64.9 Å². The van der Waals surface area contributed by atoms with Crippen molar-refractivity contribution in [3.05, 3.63) is 35.4 Å². The SMILES string of the molecule is CN=C(NCCc1cc(F)ccc1F)NCCN(C)CCCOC.I. The lowest BCUT2D eigenvalue weighted by molar-refractivity contribution is 0.180. The fraction of sp³-hybridized carbons (Fsp3) is 0.588. The molecule has 0 aliphatic rings. The molecule has 0 heterocycles. The Bertz CT molecular complexity index is 517. The fourth-order valence-corrected chi connectivity index (χ4v) is 2.23. The van der Waals surface area contributed by atoms with Crippen molar-refractivity contribution >= 4 is 29.9 Å². The second kappa shape index (κ2) is 14.2. The lowest BCUT2D eigenvalue weighted by Gasteiger charge is -2.18. The van der Waals surface area contributed by atoms with Gasteiger partial charge in [-0.15, -0.1) is 24.0 Å². The second-order valence-corrected chi connectivity index (χ2v) is 5.56. The van der Waals surface area contributed by atoms with Crippen LogP contribution in [0.1, 0.15) is 12.0 Å². The number of hydrogen-bond donors (Lipinski definition) is 2. The van der Waals surface area contributed by atoms with E-state index in [1.54, 1.807) is 14.2 Å². The van der Waals surface area contributed by atoms with Crippen LogP contribution in [0.5, 0.6) is 0 Å². The molecule has 1 rings (SSSR count). The van der Waals surface area contributed by atoms with Gasteiger partial charge in [-0.2, -0.15) is 0 Å². The van der Waals surface area contributed by atoms with Gasteiger partial charge in [0.1, 0.15) is 11.6 Å². The maximum absolute atomic E-state index is 13.5. The number of halogens is 3. The molecule has 25 heavy (non-hydrogen) atoms. The number of nitrogens with one attached hydrogen (secondary N) is 2. The van der Waals surface area contributed by atoms with E-state index < -0.39 is 5.82 Å². The van der Waals surface area contributed by atoms with Gasteiger partial charge < -0.3 is 20.3 Å². The average Bonchev–Trinajstić information content (AvgIpc) is 2.56. The Morgan fingerprint density at radius 2 is 1.92 bits per heavy atom. The number of aliphatic imine (C=N–C) groups is 1. The summed E-state index contributed by atoms with van der Waals surface area (Å²) in [6.45, 7) is 3.84. The van der Waals surface area contributed by atoms with Gasteiger partial charge >= 0.3 is 0 Å². The quantitative estimate of drug-likeness (QED) is 0.239. The standard InChI is InChI=1S/C17H28F2N4O.HI/c1-20-17(22-9-11-23(2)10-4-12-24-3)21-8-7-14-13-15(18)5-6-16(14)19;/h5-6,13H,4,7-12H2,1-3H3,(H2,20,21,22);1H. The molecule has 1 aromatic carbocycles. The molecule has 0 saturated carbocycles. The van der Waals surface area contributed by atoms with Gasteiger partial charge in [-0.1, -0.05) is 0 Å². The van der Waals surface area contributed by atoms with E-state index in [4.69, 9.17) is 4.74 Å². The summed E-state index contributed by atoms with van der Waals surface area (Å²) in [6.07, 6.45) is 1.39. The third kappa shape index (κ3) is 10.6. The minimum Gasteiger partial charge on any atom is -0.385 e. The van der Waals surface area contributed by atoms with Gasteiger partial charge in [-0.3, -0.25) is 4.99 Å². The number of ether oxygens (including phenoxy) is 1. The molecule has 1 aromatic rings. The van der Waals surface area contributed by atoms with Gasteiger partial charge in [0.05, 0.1) is 0 Å². The predicted molar refractivity (Wildman–Crippen MR) is 109 cm³/mol. The maximum Gasteiger partial charge on any atom is 0.191 e. The van der Waals surface area contributed by atoms with Crippen molar-refractivity contribution in [2.45, 2.75) is 12.8 Å². The highest BCUT2D eigenvalue weighted by Gasteiger charge is 2.05. The smallest absolute Gasteiger partial charge is 0.191 e. The molecule has 8 heteroatoms. The third-order valence-corrected chi connectivity index (χ3v) is 3.59. The van der Waals surface area contributed by atoms with Crippen LogP contribution in [0.3, 0.4) is 0 Å². The highest BCUT2D eigenvalue weighted by atomic mass is 127. The average molecular weight is 470 g/mol. The second-order valence-electron chi connectivity index (χ2n) is 5.56. The Hall–Kier alpha value is -1.00. The first kappa shape index (κ1) is 24.0. The van der Waals surface area contributed by atoms with Crippen LogP contribution in [-0.2, 0) is 11.2 Å². The van der Waals surface area contributed by atoms with E-state index in [-0.39, 0.29) is 29.8 Å². The largest absolute Gasteiger partial charge is 0.385 e. The van der Waals surface area contributed by atoms with Gasteiger partial charge in [-0.25, -0.2) is 8.78 Å². The van der Waals surface area contributed by atoms with Crippen molar-refractivity contribution in [1.29, 1.82) is 0 Å². The normalized spacial score (nSPS) is 11.4. The molecular weight excluding hydrogens is 441 g/mol. The number of hydrogen-bond acceptors (Lipinski definition) is 3. The van der Waals surface area contributed by atoms with E-state index in [2.05, 4.69) is 27.6 Å². The molecule has 144 valence electrons. The van der Waals surface area contributed by atoms with Crippen LogP contribution in [0, 0.1) is 11.6 Å². The summed E-state index contributed by atoms with van der Waals surface area (Å²) in [5, 5.41) is 6.30. The lowest BCUT2D eigenvalue weighted by atomic mass is 10.1. The molecule has 0 radical (unpaired) electrons. The predicted octanol–water partition coefficient (Wildman–Crippen LogP) is 2.26. The van der Waals surface area contributed by atoms with Crippen molar-refractivity contribution in [2.75, 3.05) is 54.0 Å². The lowest BCUT2D eigenvalue weighted by Crippen LogP contribution is -2.41. The zero-order chi connectivity index (χ0) is 17.8. The summed E-state index contributed by atoms with van der Waals surface area (Å²) in [4.78, 5) is 6.33. The summed E-state index contributed by atoms with van der Waals surface area (Å²) in [5.74, 6) is -0.165. The van der Waals surface area contributed by atoms with Crippen molar-refractivity contribution in [2.24, 2.45) is 4.99 Å². The topological polar surface area (TPSA) is 48.9 Å². The highest BCUT2D eigenvalue weighted by Crippen LogP contribution is 2.09. The third-order valence-electron chi connectivity index (χ3n) is 3.59. The van der Waals surface area contributed by atoms with Crippen molar-refractivity contribution in [3.8, 4) is 0 Å². The first-order valence-electron chi connectivity index (χ1n) is 8.12. The van der Waals surface area contributed by atoms with Crippen LogP contribution in [0.25, 0.3) is 0 Å². The molecule has 0 bridgehead atoms. The molecular formula is C17H29F2IN4O. The van der Waals surface area contributed by atoms with E-state index in [1.165, 1.54) is 6.07 Å². The molecule has 0 saturated heterocycles. The zero-order valence-electron chi connectivity index (χ0n) is 15.1. The molecule has 0 aromatic heterocycles. The fourth-order valence-electron chi connectivity index (χ4n) is 2.23. The summed E-state index contributed by atoms with van der Waals surface area (Å²) < 4.78 is 31.7. The van der Waals surface area contributed by atoms with Gasteiger partial charge in [0.15, 0.2) is 5.96 Å². The molecule has 0 aliphatic heterocycles. The van der Waals surface area contributed by atoms with Crippen molar-refractivity contribution in [1.82, 2.24) is 15.5 Å². The Kier molecular flexibility index (Phi) is 13.6. The first-order valence-corrected chi connectivity index (χ1v) is 8.12. The van der Waals surface area contributed by atoms with E-state index >= 15 is 0 Å². The van der Waals surface area contributed by atoms with Crippen LogP contribution < -0.4 is 10.6 Å². The molecule has 0 fully saturated rings. The number of benzene rings is 1. The van der Waals surface area contributed by atoms with E-state index in [0.29, 0.717) is 24.5 Å². The molecule has 0 spiro atoms. The van der Waals surface area contributed by atoms with Crippen LogP contribution in [0.2, 0.25) is 0 Å². The van der Waals surface area contributed by atoms with Crippen LogP contribution in [0.15, 0.2) is 23.2 Å². The van der Waals surface area contributed by atoms with Gasteiger partial charge in [0.25, 0.3) is 0 Å². The molecule has 5 nitrogen and oxygen atoms in total.